The zero-order chi connectivity index (χ0) is 15.1. The lowest BCUT2D eigenvalue weighted by Gasteiger charge is -2.24. The molecule has 0 bridgehead atoms. The number of aromatic nitrogens is 2. The van der Waals surface area contributed by atoms with Gasteiger partial charge < -0.3 is 9.64 Å². The summed E-state index contributed by atoms with van der Waals surface area (Å²) in [4.78, 5) is 11.3. The minimum Gasteiger partial charge on any atom is -0.497 e. The standard InChI is InChI=1S/C17H25N3O/c1-4-6-10-20(11-7-5-2)17-15-12-14(21-3)8-9-16(15)18-13-19-17/h8-9,12-13H,4-7,10-11H2,1-3H3. The molecule has 114 valence electrons. The van der Waals surface area contributed by atoms with Crippen molar-refractivity contribution in [1.82, 2.24) is 9.97 Å². The van der Waals surface area contributed by atoms with Crippen LogP contribution in [0.4, 0.5) is 5.82 Å². The SMILES string of the molecule is CCCCN(CCCC)c1ncnc2ccc(OC)cc12. The lowest BCUT2D eigenvalue weighted by molar-refractivity contribution is 0.415. The third-order valence-electron chi connectivity index (χ3n) is 3.68. The van der Waals surface area contributed by atoms with Gasteiger partial charge in [-0.25, -0.2) is 9.97 Å². The molecular weight excluding hydrogens is 262 g/mol. The first kappa shape index (κ1) is 15.5. The number of unbranched alkanes of at least 4 members (excludes halogenated alkanes) is 2. The van der Waals surface area contributed by atoms with Gasteiger partial charge in [-0.1, -0.05) is 26.7 Å². The summed E-state index contributed by atoms with van der Waals surface area (Å²) in [6, 6.07) is 5.98. The topological polar surface area (TPSA) is 38.2 Å². The normalized spacial score (nSPS) is 10.8. The molecule has 0 N–H and O–H groups in total. The van der Waals surface area contributed by atoms with E-state index in [1.54, 1.807) is 13.4 Å². The van der Waals surface area contributed by atoms with Crippen LogP contribution >= 0.6 is 0 Å². The summed E-state index contributed by atoms with van der Waals surface area (Å²) in [6.07, 6.45) is 6.40. The van der Waals surface area contributed by atoms with Gasteiger partial charge in [-0.15, -0.1) is 0 Å². The Bertz CT molecular complexity index is 563. The maximum atomic E-state index is 5.35. The molecule has 1 aromatic heterocycles. The number of benzene rings is 1. The van der Waals surface area contributed by atoms with Crippen molar-refractivity contribution >= 4 is 16.7 Å². The van der Waals surface area contributed by atoms with Crippen molar-refractivity contribution < 1.29 is 4.74 Å². The lowest BCUT2D eigenvalue weighted by atomic mass is 10.2. The average Bonchev–Trinajstić information content (AvgIpc) is 2.54. The number of anilines is 1. The van der Waals surface area contributed by atoms with Crippen molar-refractivity contribution in [1.29, 1.82) is 0 Å². The molecule has 2 aromatic rings. The fourth-order valence-electron chi connectivity index (χ4n) is 2.42. The van der Waals surface area contributed by atoms with Crippen LogP contribution < -0.4 is 9.64 Å². The van der Waals surface area contributed by atoms with Crippen LogP contribution in [0.25, 0.3) is 10.9 Å². The van der Waals surface area contributed by atoms with Crippen LogP contribution in [0.15, 0.2) is 24.5 Å². The first-order chi connectivity index (χ1) is 10.3. The third kappa shape index (κ3) is 3.84. The van der Waals surface area contributed by atoms with Crippen LogP contribution in [-0.4, -0.2) is 30.2 Å². The molecule has 0 saturated heterocycles. The van der Waals surface area contributed by atoms with Crippen LogP contribution in [0.3, 0.4) is 0 Å². The van der Waals surface area contributed by atoms with Crippen LogP contribution in [0.2, 0.25) is 0 Å². The first-order valence-corrected chi connectivity index (χ1v) is 7.83. The fourth-order valence-corrected chi connectivity index (χ4v) is 2.42. The Hall–Kier alpha value is -1.84. The van der Waals surface area contributed by atoms with Gasteiger partial charge in [-0.3, -0.25) is 0 Å². The van der Waals surface area contributed by atoms with Crippen molar-refractivity contribution in [3.63, 3.8) is 0 Å². The van der Waals surface area contributed by atoms with Gasteiger partial charge in [0.25, 0.3) is 0 Å². The molecule has 21 heavy (non-hydrogen) atoms. The molecule has 2 rings (SSSR count). The minimum absolute atomic E-state index is 0.851. The molecule has 0 atom stereocenters. The number of hydrogen-bond acceptors (Lipinski definition) is 4. The van der Waals surface area contributed by atoms with E-state index in [1.165, 1.54) is 25.7 Å². The Morgan fingerprint density at radius 1 is 1.05 bits per heavy atom. The molecule has 1 aromatic carbocycles. The Balaban J connectivity index is 2.39. The highest BCUT2D eigenvalue weighted by Crippen LogP contribution is 2.27. The summed E-state index contributed by atoms with van der Waals surface area (Å²) in [5.41, 5.74) is 0.971. The second-order valence-corrected chi connectivity index (χ2v) is 5.27. The van der Waals surface area contributed by atoms with Crippen molar-refractivity contribution in [3.05, 3.63) is 24.5 Å². The molecule has 0 fully saturated rings. The van der Waals surface area contributed by atoms with E-state index < -0.39 is 0 Å². The maximum Gasteiger partial charge on any atom is 0.140 e. The van der Waals surface area contributed by atoms with Gasteiger partial charge >= 0.3 is 0 Å². The fraction of sp³-hybridized carbons (Fsp3) is 0.529. The largest absolute Gasteiger partial charge is 0.497 e. The Morgan fingerprint density at radius 2 is 1.76 bits per heavy atom. The van der Waals surface area contributed by atoms with E-state index in [-0.39, 0.29) is 0 Å². The molecule has 1 heterocycles. The van der Waals surface area contributed by atoms with Crippen molar-refractivity contribution in [3.8, 4) is 5.75 Å². The number of nitrogens with zero attached hydrogens (tertiary/aromatic N) is 3. The molecule has 4 nitrogen and oxygen atoms in total. The summed E-state index contributed by atoms with van der Waals surface area (Å²) in [5.74, 6) is 1.88. The van der Waals surface area contributed by atoms with Gasteiger partial charge in [0.2, 0.25) is 0 Å². The van der Waals surface area contributed by atoms with Gasteiger partial charge in [0.15, 0.2) is 0 Å². The summed E-state index contributed by atoms with van der Waals surface area (Å²) < 4.78 is 5.35. The second kappa shape index (κ2) is 7.81. The molecule has 4 heteroatoms. The summed E-state index contributed by atoms with van der Waals surface area (Å²) in [7, 11) is 1.69. The molecule has 0 saturated carbocycles. The Labute approximate surface area is 127 Å². The summed E-state index contributed by atoms with van der Waals surface area (Å²) >= 11 is 0. The van der Waals surface area contributed by atoms with Crippen molar-refractivity contribution in [2.75, 3.05) is 25.1 Å². The number of methoxy groups -OCH3 is 1. The smallest absolute Gasteiger partial charge is 0.140 e. The van der Waals surface area contributed by atoms with E-state index in [0.717, 1.165) is 35.6 Å². The Kier molecular flexibility index (Phi) is 5.78. The van der Waals surface area contributed by atoms with E-state index in [2.05, 4.69) is 28.7 Å². The highest BCUT2D eigenvalue weighted by atomic mass is 16.5. The predicted molar refractivity (Wildman–Crippen MR) is 88.1 cm³/mol. The van der Waals surface area contributed by atoms with E-state index in [1.807, 2.05) is 18.2 Å². The van der Waals surface area contributed by atoms with Gasteiger partial charge in [0.05, 0.1) is 12.6 Å². The Morgan fingerprint density at radius 3 is 2.38 bits per heavy atom. The molecular formula is C17H25N3O. The summed E-state index contributed by atoms with van der Waals surface area (Å²) in [6.45, 7) is 6.53. The highest BCUT2D eigenvalue weighted by Gasteiger charge is 2.12. The molecule has 0 aliphatic rings. The van der Waals surface area contributed by atoms with Gasteiger partial charge in [0.1, 0.15) is 17.9 Å². The van der Waals surface area contributed by atoms with Gasteiger partial charge in [-0.2, -0.15) is 0 Å². The third-order valence-corrected chi connectivity index (χ3v) is 3.68. The van der Waals surface area contributed by atoms with E-state index in [9.17, 15) is 0 Å². The molecule has 0 aliphatic carbocycles. The minimum atomic E-state index is 0.851. The monoisotopic (exact) mass is 287 g/mol. The van der Waals surface area contributed by atoms with Crippen LogP contribution in [0.5, 0.6) is 5.75 Å². The number of fused-ring (bicyclic) bond motifs is 1. The lowest BCUT2D eigenvalue weighted by Crippen LogP contribution is -2.26. The molecule has 0 amide bonds. The predicted octanol–water partition coefficient (Wildman–Crippen LogP) is 4.05. The summed E-state index contributed by atoms with van der Waals surface area (Å²) in [5, 5.41) is 1.07. The van der Waals surface area contributed by atoms with Crippen LogP contribution in [0.1, 0.15) is 39.5 Å². The number of rotatable bonds is 8. The molecule has 0 spiro atoms. The highest BCUT2D eigenvalue weighted by molar-refractivity contribution is 5.90. The van der Waals surface area contributed by atoms with Gasteiger partial charge in [-0.05, 0) is 31.0 Å². The van der Waals surface area contributed by atoms with E-state index in [0.29, 0.717) is 0 Å². The zero-order valence-electron chi connectivity index (χ0n) is 13.3. The second-order valence-electron chi connectivity index (χ2n) is 5.27. The molecule has 0 radical (unpaired) electrons. The number of hydrogen-bond donors (Lipinski definition) is 0. The van der Waals surface area contributed by atoms with Gasteiger partial charge in [0, 0.05) is 18.5 Å². The van der Waals surface area contributed by atoms with Crippen LogP contribution in [0, 0.1) is 0 Å². The zero-order valence-corrected chi connectivity index (χ0v) is 13.3. The van der Waals surface area contributed by atoms with E-state index >= 15 is 0 Å². The average molecular weight is 287 g/mol. The molecule has 0 unspecified atom stereocenters. The van der Waals surface area contributed by atoms with Crippen molar-refractivity contribution in [2.45, 2.75) is 39.5 Å². The van der Waals surface area contributed by atoms with E-state index in [4.69, 9.17) is 4.74 Å². The number of ether oxygens (including phenoxy) is 1. The van der Waals surface area contributed by atoms with Crippen molar-refractivity contribution in [2.24, 2.45) is 0 Å². The van der Waals surface area contributed by atoms with Crippen LogP contribution in [-0.2, 0) is 0 Å². The molecule has 0 aliphatic heterocycles. The maximum absolute atomic E-state index is 5.35. The first-order valence-electron chi connectivity index (χ1n) is 7.83. The quantitative estimate of drug-likeness (QED) is 0.734.